The smallest absolute Gasteiger partial charge is 0.355 e. The van der Waals surface area contributed by atoms with Gasteiger partial charge in [0.15, 0.2) is 0 Å². The molecule has 3 rings (SSSR count). The van der Waals surface area contributed by atoms with Crippen LogP contribution >= 0.6 is 23.4 Å². The molecule has 2 aliphatic rings. The van der Waals surface area contributed by atoms with E-state index >= 15 is 0 Å². The zero-order chi connectivity index (χ0) is 18.7. The highest BCUT2D eigenvalue weighted by molar-refractivity contribution is 8.00. The molecule has 0 spiro atoms. The highest BCUT2D eigenvalue weighted by Crippen LogP contribution is 2.40. The van der Waals surface area contributed by atoms with Crippen LogP contribution in [0, 0.1) is 0 Å². The van der Waals surface area contributed by atoms with Crippen LogP contribution in [0.5, 0.6) is 5.75 Å². The van der Waals surface area contributed by atoms with E-state index in [9.17, 15) is 14.4 Å². The number of hydrogen-bond acceptors (Lipinski definition) is 6. The maximum absolute atomic E-state index is 12.6. The lowest BCUT2D eigenvalue weighted by atomic mass is 10.0. The summed E-state index contributed by atoms with van der Waals surface area (Å²) in [5.74, 6) is 0.400. The molecule has 1 N–H and O–H groups in total. The van der Waals surface area contributed by atoms with Crippen LogP contribution in [-0.2, 0) is 25.7 Å². The van der Waals surface area contributed by atoms with E-state index in [-0.39, 0.29) is 29.5 Å². The Morgan fingerprint density at radius 1 is 1.42 bits per heavy atom. The van der Waals surface area contributed by atoms with E-state index in [0.29, 0.717) is 23.5 Å². The standard InChI is InChI=1S/C17H17ClN2O5S/c1-24-12-4-2-10(3-5-12)7-25-17(23)14-11(6-18)8-26-16-13(19-9-21)15(22)20(14)16/h2-5,9,13,16H,6-8H2,1H3,(H,19,21)/t13?,16-/m0/s1. The van der Waals surface area contributed by atoms with Crippen molar-refractivity contribution in [1.29, 1.82) is 0 Å². The summed E-state index contributed by atoms with van der Waals surface area (Å²) in [5, 5.41) is 2.16. The summed E-state index contributed by atoms with van der Waals surface area (Å²) in [6, 6.07) is 6.50. The first-order valence-corrected chi connectivity index (χ1v) is 9.41. The Bertz CT molecular complexity index is 752. The second-order valence-electron chi connectivity index (χ2n) is 5.68. The van der Waals surface area contributed by atoms with Crippen molar-refractivity contribution in [1.82, 2.24) is 10.2 Å². The second-order valence-corrected chi connectivity index (χ2v) is 7.05. The van der Waals surface area contributed by atoms with Gasteiger partial charge in [-0.05, 0) is 23.3 Å². The predicted molar refractivity (Wildman–Crippen MR) is 96.6 cm³/mol. The topological polar surface area (TPSA) is 84.9 Å². The summed E-state index contributed by atoms with van der Waals surface area (Å²) >= 11 is 7.41. The molecule has 0 saturated carbocycles. The van der Waals surface area contributed by atoms with Crippen LogP contribution in [0.25, 0.3) is 0 Å². The van der Waals surface area contributed by atoms with Crippen molar-refractivity contribution in [2.75, 3.05) is 18.7 Å². The number of ether oxygens (including phenoxy) is 2. The first kappa shape index (κ1) is 18.6. The molecule has 1 unspecified atom stereocenters. The third kappa shape index (κ3) is 3.39. The molecule has 2 atom stereocenters. The quantitative estimate of drug-likeness (QED) is 0.323. The zero-order valence-electron chi connectivity index (χ0n) is 13.9. The molecule has 1 aromatic carbocycles. The number of rotatable bonds is 7. The van der Waals surface area contributed by atoms with Gasteiger partial charge in [0, 0.05) is 11.6 Å². The van der Waals surface area contributed by atoms with Gasteiger partial charge in [-0.25, -0.2) is 4.79 Å². The molecule has 2 aliphatic heterocycles. The molecule has 0 bridgehead atoms. The summed E-state index contributed by atoms with van der Waals surface area (Å²) in [6.07, 6.45) is 0.489. The van der Waals surface area contributed by atoms with Crippen molar-refractivity contribution in [2.45, 2.75) is 18.0 Å². The molecule has 9 heteroatoms. The number of carbonyl (C=O) groups is 3. The van der Waals surface area contributed by atoms with Gasteiger partial charge in [0.25, 0.3) is 5.91 Å². The summed E-state index contributed by atoms with van der Waals surface area (Å²) in [4.78, 5) is 36.9. The largest absolute Gasteiger partial charge is 0.497 e. The number of thioether (sulfide) groups is 1. The minimum atomic E-state index is -0.626. The van der Waals surface area contributed by atoms with Gasteiger partial charge in [0.1, 0.15) is 29.5 Å². The molecule has 26 heavy (non-hydrogen) atoms. The molecule has 1 aromatic rings. The Morgan fingerprint density at radius 3 is 2.77 bits per heavy atom. The van der Waals surface area contributed by atoms with E-state index in [4.69, 9.17) is 21.1 Å². The molecule has 1 saturated heterocycles. The Kier molecular flexibility index (Phi) is 5.73. The number of esters is 1. The fraction of sp³-hybridized carbons (Fsp3) is 0.353. The number of β-lactam (4-membered cyclic amide) rings is 1. The van der Waals surface area contributed by atoms with Crippen molar-refractivity contribution in [3.05, 3.63) is 41.1 Å². The number of alkyl halides is 1. The van der Waals surface area contributed by atoms with Crippen LogP contribution in [0.3, 0.4) is 0 Å². The number of halogens is 1. The highest BCUT2D eigenvalue weighted by atomic mass is 35.5. The molecule has 2 heterocycles. The Morgan fingerprint density at radius 2 is 2.15 bits per heavy atom. The van der Waals surface area contributed by atoms with Crippen LogP contribution in [0.1, 0.15) is 5.56 Å². The number of nitrogens with one attached hydrogen (secondary N) is 1. The average molecular weight is 397 g/mol. The summed E-state index contributed by atoms with van der Waals surface area (Å²) in [7, 11) is 1.57. The molecule has 0 aliphatic carbocycles. The number of fused-ring (bicyclic) bond motifs is 1. The van der Waals surface area contributed by atoms with E-state index in [2.05, 4.69) is 5.32 Å². The number of nitrogens with zero attached hydrogens (tertiary/aromatic N) is 1. The van der Waals surface area contributed by atoms with E-state index in [1.165, 1.54) is 16.7 Å². The second kappa shape index (κ2) is 8.01. The average Bonchev–Trinajstić information content (AvgIpc) is 2.69. The third-order valence-electron chi connectivity index (χ3n) is 4.18. The minimum Gasteiger partial charge on any atom is -0.497 e. The number of hydrogen-bond donors (Lipinski definition) is 1. The Hall–Kier alpha value is -2.19. The first-order chi connectivity index (χ1) is 12.6. The molecule has 0 aromatic heterocycles. The lowest BCUT2D eigenvalue weighted by Crippen LogP contribution is -2.69. The van der Waals surface area contributed by atoms with E-state index < -0.39 is 12.0 Å². The van der Waals surface area contributed by atoms with Crippen molar-refractivity contribution < 1.29 is 23.9 Å². The van der Waals surface area contributed by atoms with Crippen LogP contribution < -0.4 is 10.1 Å². The molecule has 7 nitrogen and oxygen atoms in total. The van der Waals surface area contributed by atoms with Crippen LogP contribution in [0.4, 0.5) is 0 Å². The fourth-order valence-electron chi connectivity index (χ4n) is 2.81. The maximum Gasteiger partial charge on any atom is 0.355 e. The van der Waals surface area contributed by atoms with Crippen molar-refractivity contribution >= 4 is 41.6 Å². The maximum atomic E-state index is 12.6. The molecule has 138 valence electrons. The normalized spacial score (nSPS) is 21.6. The number of carbonyl (C=O) groups excluding carboxylic acids is 3. The molecule has 0 radical (unpaired) electrons. The van der Waals surface area contributed by atoms with Crippen molar-refractivity contribution in [3.63, 3.8) is 0 Å². The molecule has 1 fully saturated rings. The Balaban J connectivity index is 1.72. The highest BCUT2D eigenvalue weighted by Gasteiger charge is 2.53. The van der Waals surface area contributed by atoms with Crippen molar-refractivity contribution in [2.24, 2.45) is 0 Å². The van der Waals surface area contributed by atoms with Crippen LogP contribution in [0.15, 0.2) is 35.5 Å². The predicted octanol–water partition coefficient (Wildman–Crippen LogP) is 1.26. The lowest BCUT2D eigenvalue weighted by molar-refractivity contribution is -0.152. The van der Waals surface area contributed by atoms with Gasteiger partial charge in [-0.2, -0.15) is 0 Å². The lowest BCUT2D eigenvalue weighted by Gasteiger charge is -2.49. The van der Waals surface area contributed by atoms with Gasteiger partial charge in [-0.15, -0.1) is 23.4 Å². The zero-order valence-corrected chi connectivity index (χ0v) is 15.5. The summed E-state index contributed by atoms with van der Waals surface area (Å²) < 4.78 is 10.5. The van der Waals surface area contributed by atoms with Gasteiger partial charge in [-0.3, -0.25) is 14.5 Å². The molecule has 2 amide bonds. The number of amides is 2. The van der Waals surface area contributed by atoms with Gasteiger partial charge < -0.3 is 14.8 Å². The first-order valence-electron chi connectivity index (χ1n) is 7.83. The van der Waals surface area contributed by atoms with Crippen LogP contribution in [-0.4, -0.2) is 53.3 Å². The molecular weight excluding hydrogens is 380 g/mol. The van der Waals surface area contributed by atoms with Gasteiger partial charge in [-0.1, -0.05) is 12.1 Å². The van der Waals surface area contributed by atoms with Crippen LogP contribution in [0.2, 0.25) is 0 Å². The van der Waals surface area contributed by atoms with E-state index in [1.807, 2.05) is 0 Å². The molecular formula is C17H17ClN2O5S. The number of methoxy groups -OCH3 is 1. The van der Waals surface area contributed by atoms with E-state index in [1.54, 1.807) is 31.4 Å². The number of benzene rings is 1. The van der Waals surface area contributed by atoms with Crippen molar-refractivity contribution in [3.8, 4) is 5.75 Å². The van der Waals surface area contributed by atoms with Gasteiger partial charge in [0.05, 0.1) is 7.11 Å². The summed E-state index contributed by atoms with van der Waals surface area (Å²) in [6.45, 7) is 0.0672. The van der Waals surface area contributed by atoms with Gasteiger partial charge in [0.2, 0.25) is 6.41 Å². The summed E-state index contributed by atoms with van der Waals surface area (Å²) in [5.41, 5.74) is 1.63. The SMILES string of the molecule is COc1ccc(COC(=O)C2=C(CCl)CS[C@H]3C(NC=O)C(=O)N23)cc1. The third-order valence-corrected chi connectivity index (χ3v) is 5.84. The van der Waals surface area contributed by atoms with E-state index in [0.717, 1.165) is 5.56 Å². The Labute approximate surface area is 159 Å². The minimum absolute atomic E-state index is 0.0672. The van der Waals surface area contributed by atoms with Gasteiger partial charge >= 0.3 is 5.97 Å². The fourth-order valence-corrected chi connectivity index (χ4v) is 4.50. The monoisotopic (exact) mass is 396 g/mol.